The Morgan fingerprint density at radius 2 is 2.25 bits per heavy atom. The fraction of sp³-hybridized carbons (Fsp3) is 0.600. The summed E-state index contributed by atoms with van der Waals surface area (Å²) in [5.41, 5.74) is 1.23. The van der Waals surface area contributed by atoms with E-state index in [1.807, 2.05) is 0 Å². The fourth-order valence-electron chi connectivity index (χ4n) is 3.00. The van der Waals surface area contributed by atoms with Gasteiger partial charge in [-0.3, -0.25) is 0 Å². The van der Waals surface area contributed by atoms with Gasteiger partial charge in [0.05, 0.1) is 6.61 Å². The summed E-state index contributed by atoms with van der Waals surface area (Å²) in [5.74, 6) is -2.76. The van der Waals surface area contributed by atoms with Crippen molar-refractivity contribution in [2.24, 2.45) is 0 Å². The third-order valence-corrected chi connectivity index (χ3v) is 5.25. The Balaban J connectivity index is 0.000000256. The van der Waals surface area contributed by atoms with E-state index in [-0.39, 0.29) is 5.60 Å². The maximum Gasteiger partial charge on any atom is 0.490 e. The van der Waals surface area contributed by atoms with Gasteiger partial charge < -0.3 is 15.2 Å². The number of carboxylic acid groups (broad SMARTS) is 1. The Hall–Kier alpha value is -1.63. The van der Waals surface area contributed by atoms with Crippen LogP contribution >= 0.6 is 11.3 Å². The average molecular weight is 362 g/mol. The van der Waals surface area contributed by atoms with Crippen molar-refractivity contribution in [3.8, 4) is 6.07 Å². The molecular formula is C15H17F3N2O3S. The van der Waals surface area contributed by atoms with Gasteiger partial charge >= 0.3 is 12.1 Å². The molecule has 2 atom stereocenters. The first-order chi connectivity index (χ1) is 11.2. The summed E-state index contributed by atoms with van der Waals surface area (Å²) in [6, 6.07) is 4.81. The molecule has 24 heavy (non-hydrogen) atoms. The van der Waals surface area contributed by atoms with Crippen LogP contribution in [0.15, 0.2) is 6.07 Å². The molecule has 0 saturated carbocycles. The quantitative estimate of drug-likeness (QED) is 0.742. The molecule has 3 heterocycles. The van der Waals surface area contributed by atoms with E-state index < -0.39 is 12.1 Å². The molecule has 0 amide bonds. The number of hydrogen-bond donors (Lipinski definition) is 2. The smallest absolute Gasteiger partial charge is 0.475 e. The number of nitriles is 1. The number of carboxylic acids is 1. The van der Waals surface area contributed by atoms with Gasteiger partial charge in [-0.15, -0.1) is 11.3 Å². The van der Waals surface area contributed by atoms with E-state index in [2.05, 4.69) is 24.4 Å². The van der Waals surface area contributed by atoms with Crippen LogP contribution in [0.25, 0.3) is 0 Å². The van der Waals surface area contributed by atoms with Crippen molar-refractivity contribution in [2.45, 2.75) is 44.0 Å². The van der Waals surface area contributed by atoms with Crippen molar-refractivity contribution in [2.75, 3.05) is 13.2 Å². The third kappa shape index (κ3) is 4.06. The Morgan fingerprint density at radius 1 is 1.58 bits per heavy atom. The molecule has 0 radical (unpaired) electrons. The van der Waals surface area contributed by atoms with Gasteiger partial charge in [0.25, 0.3) is 0 Å². The second-order valence-electron chi connectivity index (χ2n) is 5.78. The van der Waals surface area contributed by atoms with Crippen LogP contribution in [-0.2, 0) is 21.6 Å². The van der Waals surface area contributed by atoms with Crippen LogP contribution in [0.3, 0.4) is 0 Å². The zero-order valence-electron chi connectivity index (χ0n) is 12.9. The summed E-state index contributed by atoms with van der Waals surface area (Å²) in [7, 11) is 0. The number of rotatable bonds is 0. The molecule has 2 unspecified atom stereocenters. The first kappa shape index (κ1) is 18.7. The highest BCUT2D eigenvalue weighted by Gasteiger charge is 2.42. The summed E-state index contributed by atoms with van der Waals surface area (Å²) in [4.78, 5) is 11.0. The van der Waals surface area contributed by atoms with Crippen molar-refractivity contribution in [1.82, 2.24) is 5.32 Å². The first-order valence-electron chi connectivity index (χ1n) is 7.39. The van der Waals surface area contributed by atoms with E-state index >= 15 is 0 Å². The number of hydrogen-bond acceptors (Lipinski definition) is 5. The molecule has 9 heteroatoms. The molecule has 1 aromatic heterocycles. The highest BCUT2D eigenvalue weighted by molar-refractivity contribution is 7.12. The maximum absolute atomic E-state index is 10.6. The lowest BCUT2D eigenvalue weighted by atomic mass is 9.83. The standard InChI is InChI=1S/C13H16N2OS.C2HF3O2/c1-9-7-13(3-4-15-9)12-10(2-5-16-13)6-11(8-14)17-12;3-2(4,5)1(6)7/h6,9,15H,2-5,7H2,1H3;(H,6,7). The van der Waals surface area contributed by atoms with E-state index in [4.69, 9.17) is 19.9 Å². The molecule has 2 aliphatic heterocycles. The topological polar surface area (TPSA) is 82.3 Å². The molecule has 5 nitrogen and oxygen atoms in total. The SMILES string of the molecule is CC1CC2(CCN1)OCCc1cc(C#N)sc12.O=C(O)C(F)(F)F. The minimum atomic E-state index is -5.08. The molecule has 0 aliphatic carbocycles. The number of piperidine rings is 1. The second-order valence-corrected chi connectivity index (χ2v) is 6.83. The molecule has 132 valence electrons. The third-order valence-electron chi connectivity index (χ3n) is 3.98. The van der Waals surface area contributed by atoms with Crippen LogP contribution in [0, 0.1) is 11.3 Å². The predicted molar refractivity (Wildman–Crippen MR) is 80.8 cm³/mol. The van der Waals surface area contributed by atoms with E-state index in [1.165, 1.54) is 10.4 Å². The molecule has 2 N–H and O–H groups in total. The number of aliphatic carboxylic acids is 1. The number of ether oxygens (including phenoxy) is 1. The summed E-state index contributed by atoms with van der Waals surface area (Å²) < 4.78 is 37.9. The first-order valence-corrected chi connectivity index (χ1v) is 8.20. The van der Waals surface area contributed by atoms with Crippen molar-refractivity contribution in [3.63, 3.8) is 0 Å². The number of nitrogens with one attached hydrogen (secondary N) is 1. The highest BCUT2D eigenvalue weighted by atomic mass is 32.1. The molecule has 1 fully saturated rings. The minimum Gasteiger partial charge on any atom is -0.475 e. The molecule has 2 aliphatic rings. The number of halogens is 3. The Kier molecular flexibility index (Phi) is 5.52. The Labute approximate surface area is 141 Å². The van der Waals surface area contributed by atoms with Crippen molar-refractivity contribution in [3.05, 3.63) is 21.4 Å². The van der Waals surface area contributed by atoms with Gasteiger partial charge in [0.2, 0.25) is 0 Å². The van der Waals surface area contributed by atoms with Gasteiger partial charge in [-0.05, 0) is 44.4 Å². The lowest BCUT2D eigenvalue weighted by molar-refractivity contribution is -0.192. The molecule has 0 aromatic carbocycles. The lowest BCUT2D eigenvalue weighted by Crippen LogP contribution is -2.48. The monoisotopic (exact) mass is 362 g/mol. The van der Waals surface area contributed by atoms with Gasteiger partial charge in [-0.1, -0.05) is 0 Å². The van der Waals surface area contributed by atoms with Crippen LogP contribution in [0.1, 0.15) is 35.1 Å². The predicted octanol–water partition coefficient (Wildman–Crippen LogP) is 2.79. The highest BCUT2D eigenvalue weighted by Crippen LogP contribution is 2.45. The zero-order chi connectivity index (χ0) is 18.0. The van der Waals surface area contributed by atoms with Gasteiger partial charge in [0.1, 0.15) is 16.5 Å². The molecule has 1 aromatic rings. The normalized spacial score (nSPS) is 26.0. The van der Waals surface area contributed by atoms with E-state index in [9.17, 15) is 13.2 Å². The van der Waals surface area contributed by atoms with Crippen LogP contribution in [0.5, 0.6) is 0 Å². The van der Waals surface area contributed by atoms with Crippen LogP contribution in [-0.4, -0.2) is 36.4 Å². The van der Waals surface area contributed by atoms with Crippen molar-refractivity contribution < 1.29 is 27.8 Å². The molecular weight excluding hydrogens is 345 g/mol. The van der Waals surface area contributed by atoms with Gasteiger partial charge in [0, 0.05) is 10.9 Å². The van der Waals surface area contributed by atoms with Crippen LogP contribution in [0.2, 0.25) is 0 Å². The second kappa shape index (κ2) is 7.09. The maximum atomic E-state index is 10.6. The average Bonchev–Trinajstić information content (AvgIpc) is 2.92. The molecule has 1 spiro atoms. The number of carbonyl (C=O) groups is 1. The van der Waals surface area contributed by atoms with E-state index in [0.29, 0.717) is 6.04 Å². The van der Waals surface area contributed by atoms with E-state index in [0.717, 1.165) is 37.3 Å². The molecule has 0 bridgehead atoms. The summed E-state index contributed by atoms with van der Waals surface area (Å²) in [6.07, 6.45) is -2.09. The van der Waals surface area contributed by atoms with Gasteiger partial charge in [0.15, 0.2) is 0 Å². The summed E-state index contributed by atoms with van der Waals surface area (Å²) >= 11 is 1.63. The Bertz CT molecular complexity index is 653. The number of nitrogens with zero attached hydrogens (tertiary/aromatic N) is 1. The molecule has 1 saturated heterocycles. The summed E-state index contributed by atoms with van der Waals surface area (Å²) in [5, 5.41) is 19.6. The summed E-state index contributed by atoms with van der Waals surface area (Å²) in [6.45, 7) is 4.00. The Morgan fingerprint density at radius 3 is 2.79 bits per heavy atom. The van der Waals surface area contributed by atoms with Crippen LogP contribution in [0.4, 0.5) is 13.2 Å². The van der Waals surface area contributed by atoms with Crippen molar-refractivity contribution >= 4 is 17.3 Å². The number of fused-ring (bicyclic) bond motifs is 2. The largest absolute Gasteiger partial charge is 0.490 e. The number of alkyl halides is 3. The van der Waals surface area contributed by atoms with Crippen LogP contribution < -0.4 is 5.32 Å². The number of thiophene rings is 1. The van der Waals surface area contributed by atoms with Gasteiger partial charge in [-0.2, -0.15) is 18.4 Å². The van der Waals surface area contributed by atoms with Crippen molar-refractivity contribution in [1.29, 1.82) is 5.26 Å². The molecule has 3 rings (SSSR count). The lowest BCUT2D eigenvalue weighted by Gasteiger charge is -2.42. The zero-order valence-corrected chi connectivity index (χ0v) is 13.8. The van der Waals surface area contributed by atoms with Gasteiger partial charge in [-0.25, -0.2) is 4.79 Å². The fourth-order valence-corrected chi connectivity index (χ4v) is 4.19. The minimum absolute atomic E-state index is 0.113. The van der Waals surface area contributed by atoms with E-state index in [1.54, 1.807) is 11.3 Å².